The molecular formula is C18H18N4O3S2. The average Bonchev–Trinajstić information content (AvgIpc) is 3.31. The van der Waals surface area contributed by atoms with Crippen LogP contribution in [0.5, 0.6) is 0 Å². The number of amides is 1. The minimum Gasteiger partial charge on any atom is -0.325 e. The Balaban J connectivity index is 1.64. The Hall–Kier alpha value is -2.36. The summed E-state index contributed by atoms with van der Waals surface area (Å²) in [4.78, 5) is 12.9. The fraction of sp³-hybridized carbons (Fsp3) is 0.278. The fourth-order valence-electron chi connectivity index (χ4n) is 3.35. The first-order valence-corrected chi connectivity index (χ1v) is 10.7. The standard InChI is InChI=1S/C18H18N4O3S2/c1-12-5-2-6-13(11-12)19-18(23)15-8-4-10-22(15)27(24,25)16-9-3-7-14-17(16)21-26-20-14/h2-3,5-7,9,11,15H,4,8,10H2,1H3,(H,19,23)/t15-/m0/s1. The highest BCUT2D eigenvalue weighted by Gasteiger charge is 2.40. The number of carbonyl (C=O) groups is 1. The second kappa shape index (κ2) is 6.99. The summed E-state index contributed by atoms with van der Waals surface area (Å²) in [6.07, 6.45) is 1.12. The number of aromatic nitrogens is 2. The number of nitrogens with one attached hydrogen (secondary N) is 1. The zero-order chi connectivity index (χ0) is 19.0. The van der Waals surface area contributed by atoms with Crippen LogP contribution in [-0.2, 0) is 14.8 Å². The number of hydrogen-bond donors (Lipinski definition) is 1. The van der Waals surface area contributed by atoms with Crippen LogP contribution in [-0.4, -0.2) is 40.0 Å². The number of aryl methyl sites for hydroxylation is 1. The van der Waals surface area contributed by atoms with Crippen molar-refractivity contribution in [3.05, 3.63) is 48.0 Å². The third-order valence-corrected chi connectivity index (χ3v) is 7.11. The molecule has 27 heavy (non-hydrogen) atoms. The van der Waals surface area contributed by atoms with Gasteiger partial charge in [0.2, 0.25) is 15.9 Å². The summed E-state index contributed by atoms with van der Waals surface area (Å²) in [6.45, 7) is 2.24. The van der Waals surface area contributed by atoms with E-state index in [1.807, 2.05) is 25.1 Å². The van der Waals surface area contributed by atoms with Crippen molar-refractivity contribution in [3.8, 4) is 0 Å². The Kier molecular flexibility index (Phi) is 4.67. The second-order valence-corrected chi connectivity index (χ2v) is 8.91. The molecule has 140 valence electrons. The molecule has 2 aromatic carbocycles. The van der Waals surface area contributed by atoms with E-state index in [0.29, 0.717) is 36.1 Å². The van der Waals surface area contributed by atoms with Gasteiger partial charge < -0.3 is 5.32 Å². The SMILES string of the molecule is Cc1cccc(NC(=O)[C@@H]2CCCN2S(=O)(=O)c2cccc3nsnc23)c1. The lowest BCUT2D eigenvalue weighted by molar-refractivity contribution is -0.119. The van der Waals surface area contributed by atoms with Crippen molar-refractivity contribution in [1.29, 1.82) is 0 Å². The number of fused-ring (bicyclic) bond motifs is 1. The number of sulfonamides is 1. The number of hydrogen-bond acceptors (Lipinski definition) is 6. The molecule has 1 N–H and O–H groups in total. The van der Waals surface area contributed by atoms with Gasteiger partial charge in [0.25, 0.3) is 0 Å². The number of benzene rings is 2. The Morgan fingerprint density at radius 1 is 1.22 bits per heavy atom. The van der Waals surface area contributed by atoms with Crippen LogP contribution < -0.4 is 5.32 Å². The van der Waals surface area contributed by atoms with Crippen molar-refractivity contribution in [2.24, 2.45) is 0 Å². The maximum absolute atomic E-state index is 13.3. The van der Waals surface area contributed by atoms with Gasteiger partial charge in [-0.25, -0.2) is 8.42 Å². The summed E-state index contributed by atoms with van der Waals surface area (Å²) in [6, 6.07) is 11.6. The second-order valence-electron chi connectivity index (χ2n) is 6.52. The van der Waals surface area contributed by atoms with Gasteiger partial charge in [0.15, 0.2) is 0 Å². The van der Waals surface area contributed by atoms with E-state index in [2.05, 4.69) is 14.1 Å². The first-order valence-electron chi connectivity index (χ1n) is 8.57. The molecule has 0 spiro atoms. The van der Waals surface area contributed by atoms with Gasteiger partial charge in [-0.1, -0.05) is 18.2 Å². The lowest BCUT2D eigenvalue weighted by atomic mass is 10.2. The molecule has 1 atom stereocenters. The van der Waals surface area contributed by atoms with E-state index in [9.17, 15) is 13.2 Å². The van der Waals surface area contributed by atoms with Crippen LogP contribution in [0.15, 0.2) is 47.4 Å². The summed E-state index contributed by atoms with van der Waals surface area (Å²) in [5.41, 5.74) is 2.58. The first-order chi connectivity index (χ1) is 13.0. The maximum Gasteiger partial charge on any atom is 0.246 e. The number of anilines is 1. The van der Waals surface area contributed by atoms with Crippen molar-refractivity contribution < 1.29 is 13.2 Å². The molecule has 0 unspecified atom stereocenters. The Bertz CT molecular complexity index is 1110. The topological polar surface area (TPSA) is 92.3 Å². The zero-order valence-electron chi connectivity index (χ0n) is 14.6. The summed E-state index contributed by atoms with van der Waals surface area (Å²) in [7, 11) is -3.85. The first kappa shape index (κ1) is 18.0. The molecule has 2 heterocycles. The van der Waals surface area contributed by atoms with E-state index in [0.717, 1.165) is 17.3 Å². The number of nitrogens with zero attached hydrogens (tertiary/aromatic N) is 3. The van der Waals surface area contributed by atoms with Gasteiger partial charge >= 0.3 is 0 Å². The van der Waals surface area contributed by atoms with Crippen LogP contribution in [0.1, 0.15) is 18.4 Å². The largest absolute Gasteiger partial charge is 0.325 e. The van der Waals surface area contributed by atoms with Crippen molar-refractivity contribution in [2.45, 2.75) is 30.7 Å². The lowest BCUT2D eigenvalue weighted by Gasteiger charge is -2.23. The summed E-state index contributed by atoms with van der Waals surface area (Å²) < 4.78 is 36.0. The average molecular weight is 403 g/mol. The summed E-state index contributed by atoms with van der Waals surface area (Å²) in [5.74, 6) is -0.315. The highest BCUT2D eigenvalue weighted by molar-refractivity contribution is 7.89. The van der Waals surface area contributed by atoms with E-state index in [1.54, 1.807) is 18.2 Å². The molecule has 0 aliphatic carbocycles. The number of rotatable bonds is 4. The summed E-state index contributed by atoms with van der Waals surface area (Å²) in [5, 5.41) is 2.84. The molecule has 1 aromatic heterocycles. The van der Waals surface area contributed by atoms with E-state index >= 15 is 0 Å². The van der Waals surface area contributed by atoms with Crippen molar-refractivity contribution in [3.63, 3.8) is 0 Å². The number of carbonyl (C=O) groups excluding carboxylic acids is 1. The van der Waals surface area contributed by atoms with Crippen LogP contribution in [0.4, 0.5) is 5.69 Å². The Morgan fingerprint density at radius 2 is 2.04 bits per heavy atom. The normalized spacial score (nSPS) is 18.0. The van der Waals surface area contributed by atoms with Gasteiger partial charge in [-0.05, 0) is 49.6 Å². The monoisotopic (exact) mass is 402 g/mol. The van der Waals surface area contributed by atoms with Gasteiger partial charge in [0.05, 0.1) is 11.7 Å². The van der Waals surface area contributed by atoms with Gasteiger partial charge in [0, 0.05) is 12.2 Å². The molecule has 7 nitrogen and oxygen atoms in total. The van der Waals surface area contributed by atoms with Crippen molar-refractivity contribution in [1.82, 2.24) is 13.1 Å². The predicted molar refractivity (Wildman–Crippen MR) is 104 cm³/mol. The molecule has 1 fully saturated rings. The lowest BCUT2D eigenvalue weighted by Crippen LogP contribution is -2.43. The molecule has 1 aliphatic heterocycles. The molecular weight excluding hydrogens is 384 g/mol. The molecule has 0 radical (unpaired) electrons. The van der Waals surface area contributed by atoms with E-state index in [1.165, 1.54) is 10.4 Å². The van der Waals surface area contributed by atoms with Gasteiger partial charge in [-0.15, -0.1) is 0 Å². The van der Waals surface area contributed by atoms with Gasteiger partial charge in [-0.2, -0.15) is 13.1 Å². The molecule has 3 aromatic rings. The van der Waals surface area contributed by atoms with E-state index < -0.39 is 16.1 Å². The minimum atomic E-state index is -3.85. The highest BCUT2D eigenvalue weighted by atomic mass is 32.2. The quantitative estimate of drug-likeness (QED) is 0.724. The molecule has 1 amide bonds. The third-order valence-electron chi connectivity index (χ3n) is 4.63. The van der Waals surface area contributed by atoms with E-state index in [-0.39, 0.29) is 10.8 Å². The van der Waals surface area contributed by atoms with Gasteiger partial charge in [0.1, 0.15) is 22.0 Å². The zero-order valence-corrected chi connectivity index (χ0v) is 16.3. The van der Waals surface area contributed by atoms with Crippen LogP contribution in [0.2, 0.25) is 0 Å². The highest BCUT2D eigenvalue weighted by Crippen LogP contribution is 2.30. The smallest absolute Gasteiger partial charge is 0.246 e. The molecule has 1 aliphatic rings. The van der Waals surface area contributed by atoms with Crippen LogP contribution >= 0.6 is 11.7 Å². The Labute approximate surface area is 161 Å². The fourth-order valence-corrected chi connectivity index (χ4v) is 5.76. The molecule has 0 saturated carbocycles. The maximum atomic E-state index is 13.3. The predicted octanol–water partition coefficient (Wildman–Crippen LogP) is 2.79. The molecule has 9 heteroatoms. The van der Waals surface area contributed by atoms with Crippen molar-refractivity contribution in [2.75, 3.05) is 11.9 Å². The molecule has 4 rings (SSSR count). The molecule has 0 bridgehead atoms. The van der Waals surface area contributed by atoms with Crippen LogP contribution in [0, 0.1) is 6.92 Å². The minimum absolute atomic E-state index is 0.101. The Morgan fingerprint density at radius 3 is 2.85 bits per heavy atom. The van der Waals surface area contributed by atoms with Crippen molar-refractivity contribution >= 4 is 44.4 Å². The third kappa shape index (κ3) is 3.33. The van der Waals surface area contributed by atoms with Crippen LogP contribution in [0.25, 0.3) is 11.0 Å². The van der Waals surface area contributed by atoms with E-state index in [4.69, 9.17) is 0 Å². The van der Waals surface area contributed by atoms with Gasteiger partial charge in [-0.3, -0.25) is 4.79 Å². The summed E-state index contributed by atoms with van der Waals surface area (Å²) >= 11 is 0.974. The van der Waals surface area contributed by atoms with Crippen LogP contribution in [0.3, 0.4) is 0 Å². The molecule has 1 saturated heterocycles.